The first-order chi connectivity index (χ1) is 11.4. The Kier molecular flexibility index (Phi) is 6.87. The Bertz CT molecular complexity index is 732. The average molecular weight is 408 g/mol. The van der Waals surface area contributed by atoms with E-state index in [0.29, 0.717) is 5.69 Å². The molecule has 0 aromatic heterocycles. The number of hydrogen-bond acceptors (Lipinski definition) is 4. The zero-order valence-electron chi connectivity index (χ0n) is 13.5. The lowest BCUT2D eigenvalue weighted by atomic mass is 10.1. The molecule has 126 valence electrons. The molecule has 0 aliphatic rings. The fraction of sp³-hybridized carbons (Fsp3) is 0.222. The number of nitrogens with one attached hydrogen (secondary N) is 1. The van der Waals surface area contributed by atoms with Crippen molar-refractivity contribution in [1.82, 2.24) is 0 Å². The Morgan fingerprint density at radius 3 is 2.46 bits per heavy atom. The topological polar surface area (TPSA) is 55.4 Å². The standard InChI is InChI=1S/C18H18BrNO3S/c1-12-3-6-15(9-13(12)2)20-17(21)10-23-18(22)11-24-16-7-4-14(19)5-8-16/h3-9H,10-11H2,1-2H3,(H,20,21). The number of esters is 1. The first kappa shape index (κ1) is 18.5. The monoisotopic (exact) mass is 407 g/mol. The molecule has 0 unspecified atom stereocenters. The summed E-state index contributed by atoms with van der Waals surface area (Å²) >= 11 is 4.73. The van der Waals surface area contributed by atoms with Crippen LogP contribution in [0.25, 0.3) is 0 Å². The van der Waals surface area contributed by atoms with Crippen LogP contribution in [0.15, 0.2) is 51.8 Å². The van der Waals surface area contributed by atoms with Crippen molar-refractivity contribution >= 4 is 45.3 Å². The Morgan fingerprint density at radius 2 is 1.79 bits per heavy atom. The van der Waals surface area contributed by atoms with Crippen LogP contribution in [-0.2, 0) is 14.3 Å². The maximum absolute atomic E-state index is 11.8. The van der Waals surface area contributed by atoms with Crippen LogP contribution >= 0.6 is 27.7 Å². The zero-order valence-corrected chi connectivity index (χ0v) is 15.9. The van der Waals surface area contributed by atoms with E-state index >= 15 is 0 Å². The Morgan fingerprint density at radius 1 is 1.08 bits per heavy atom. The Balaban J connectivity index is 1.73. The first-order valence-corrected chi connectivity index (χ1v) is 9.13. The molecular weight excluding hydrogens is 390 g/mol. The number of amides is 1. The highest BCUT2D eigenvalue weighted by Gasteiger charge is 2.09. The van der Waals surface area contributed by atoms with Gasteiger partial charge in [-0.05, 0) is 61.4 Å². The van der Waals surface area contributed by atoms with E-state index < -0.39 is 5.97 Å². The molecule has 2 rings (SSSR count). The molecule has 0 heterocycles. The van der Waals surface area contributed by atoms with Gasteiger partial charge in [0, 0.05) is 15.1 Å². The first-order valence-electron chi connectivity index (χ1n) is 7.35. The normalized spacial score (nSPS) is 10.3. The van der Waals surface area contributed by atoms with E-state index in [0.717, 1.165) is 20.5 Å². The van der Waals surface area contributed by atoms with Crippen molar-refractivity contribution in [2.24, 2.45) is 0 Å². The molecule has 0 aliphatic heterocycles. The second kappa shape index (κ2) is 8.89. The van der Waals surface area contributed by atoms with Gasteiger partial charge in [0.1, 0.15) is 0 Å². The summed E-state index contributed by atoms with van der Waals surface area (Å²) in [4.78, 5) is 24.5. The SMILES string of the molecule is Cc1ccc(NC(=O)COC(=O)CSc2ccc(Br)cc2)cc1C. The minimum absolute atomic E-state index is 0.165. The van der Waals surface area contributed by atoms with Gasteiger partial charge in [-0.1, -0.05) is 22.0 Å². The molecule has 1 amide bonds. The van der Waals surface area contributed by atoms with E-state index in [1.807, 2.05) is 56.3 Å². The summed E-state index contributed by atoms with van der Waals surface area (Å²) in [5.41, 5.74) is 2.95. The molecule has 0 bridgehead atoms. The van der Waals surface area contributed by atoms with E-state index in [4.69, 9.17) is 4.74 Å². The van der Waals surface area contributed by atoms with Gasteiger partial charge < -0.3 is 10.1 Å². The highest BCUT2D eigenvalue weighted by molar-refractivity contribution is 9.10. The van der Waals surface area contributed by atoms with Crippen molar-refractivity contribution in [3.05, 3.63) is 58.1 Å². The molecule has 4 nitrogen and oxygen atoms in total. The number of hydrogen-bond donors (Lipinski definition) is 1. The van der Waals surface area contributed by atoms with Crippen molar-refractivity contribution in [3.8, 4) is 0 Å². The number of ether oxygens (including phenoxy) is 1. The minimum atomic E-state index is -0.418. The van der Waals surface area contributed by atoms with E-state index in [1.54, 1.807) is 0 Å². The fourth-order valence-corrected chi connectivity index (χ4v) is 2.84. The number of thioether (sulfide) groups is 1. The van der Waals surface area contributed by atoms with Gasteiger partial charge in [0.25, 0.3) is 5.91 Å². The quantitative estimate of drug-likeness (QED) is 0.571. The van der Waals surface area contributed by atoms with Gasteiger partial charge in [-0.25, -0.2) is 0 Å². The third-order valence-corrected chi connectivity index (χ3v) is 4.84. The van der Waals surface area contributed by atoms with Crippen LogP contribution in [-0.4, -0.2) is 24.2 Å². The predicted octanol–water partition coefficient (Wildman–Crippen LogP) is 4.34. The Labute approximate surface area is 154 Å². The number of carbonyl (C=O) groups is 2. The molecule has 1 N–H and O–H groups in total. The molecule has 0 radical (unpaired) electrons. The van der Waals surface area contributed by atoms with Gasteiger partial charge in [-0.15, -0.1) is 11.8 Å². The van der Waals surface area contributed by atoms with Crippen molar-refractivity contribution in [2.75, 3.05) is 17.7 Å². The molecule has 0 atom stereocenters. The summed E-state index contributed by atoms with van der Waals surface area (Å²) in [6.07, 6.45) is 0. The summed E-state index contributed by atoms with van der Waals surface area (Å²) in [6.45, 7) is 3.70. The van der Waals surface area contributed by atoms with Crippen LogP contribution < -0.4 is 5.32 Å². The Hall–Kier alpha value is -1.79. The van der Waals surface area contributed by atoms with Gasteiger partial charge in [0.15, 0.2) is 6.61 Å². The number of halogens is 1. The number of aryl methyl sites for hydroxylation is 2. The van der Waals surface area contributed by atoms with Gasteiger partial charge >= 0.3 is 5.97 Å². The summed E-state index contributed by atoms with van der Waals surface area (Å²) in [7, 11) is 0. The lowest BCUT2D eigenvalue weighted by Gasteiger charge is -2.08. The molecule has 2 aromatic rings. The predicted molar refractivity (Wildman–Crippen MR) is 100 cm³/mol. The zero-order chi connectivity index (χ0) is 17.5. The number of benzene rings is 2. The second-order valence-corrected chi connectivity index (χ2v) is 7.21. The van der Waals surface area contributed by atoms with Crippen LogP contribution in [0.4, 0.5) is 5.69 Å². The summed E-state index contributed by atoms with van der Waals surface area (Å²) in [5.74, 6) is -0.600. The number of rotatable bonds is 6. The molecule has 2 aromatic carbocycles. The van der Waals surface area contributed by atoms with Crippen molar-refractivity contribution < 1.29 is 14.3 Å². The highest BCUT2D eigenvalue weighted by atomic mass is 79.9. The average Bonchev–Trinajstić information content (AvgIpc) is 2.56. The lowest BCUT2D eigenvalue weighted by molar-refractivity contribution is -0.144. The van der Waals surface area contributed by atoms with Crippen LogP contribution in [0.2, 0.25) is 0 Å². The van der Waals surface area contributed by atoms with Gasteiger partial charge in [-0.3, -0.25) is 9.59 Å². The van der Waals surface area contributed by atoms with Crippen molar-refractivity contribution in [2.45, 2.75) is 18.7 Å². The number of carbonyl (C=O) groups excluding carboxylic acids is 2. The van der Waals surface area contributed by atoms with Crippen molar-refractivity contribution in [1.29, 1.82) is 0 Å². The molecule has 0 saturated carbocycles. The second-order valence-electron chi connectivity index (χ2n) is 5.25. The van der Waals surface area contributed by atoms with Crippen LogP contribution in [0.3, 0.4) is 0 Å². The molecule has 24 heavy (non-hydrogen) atoms. The smallest absolute Gasteiger partial charge is 0.316 e. The van der Waals surface area contributed by atoms with E-state index in [-0.39, 0.29) is 18.3 Å². The van der Waals surface area contributed by atoms with E-state index in [9.17, 15) is 9.59 Å². The summed E-state index contributed by atoms with van der Waals surface area (Å²) in [6, 6.07) is 13.3. The molecule has 0 spiro atoms. The van der Waals surface area contributed by atoms with Crippen LogP contribution in [0.5, 0.6) is 0 Å². The highest BCUT2D eigenvalue weighted by Crippen LogP contribution is 2.20. The molecular formula is C18H18BrNO3S. The molecule has 0 aliphatic carbocycles. The number of anilines is 1. The van der Waals surface area contributed by atoms with E-state index in [2.05, 4.69) is 21.2 Å². The van der Waals surface area contributed by atoms with Gasteiger partial charge in [0.2, 0.25) is 0 Å². The summed E-state index contributed by atoms with van der Waals surface area (Å²) in [5, 5.41) is 2.72. The third kappa shape index (κ3) is 6.02. The largest absolute Gasteiger partial charge is 0.455 e. The maximum atomic E-state index is 11.8. The summed E-state index contributed by atoms with van der Waals surface area (Å²) < 4.78 is 5.98. The molecule has 0 fully saturated rings. The minimum Gasteiger partial charge on any atom is -0.455 e. The lowest BCUT2D eigenvalue weighted by Crippen LogP contribution is -2.21. The van der Waals surface area contributed by atoms with Gasteiger partial charge in [-0.2, -0.15) is 0 Å². The van der Waals surface area contributed by atoms with Crippen LogP contribution in [0.1, 0.15) is 11.1 Å². The van der Waals surface area contributed by atoms with Gasteiger partial charge in [0.05, 0.1) is 5.75 Å². The maximum Gasteiger partial charge on any atom is 0.316 e. The van der Waals surface area contributed by atoms with Crippen molar-refractivity contribution in [3.63, 3.8) is 0 Å². The molecule has 0 saturated heterocycles. The third-order valence-electron chi connectivity index (χ3n) is 3.33. The molecule has 6 heteroatoms. The fourth-order valence-electron chi connectivity index (χ4n) is 1.88. The van der Waals surface area contributed by atoms with E-state index in [1.165, 1.54) is 11.8 Å². The van der Waals surface area contributed by atoms with Crippen LogP contribution in [0, 0.1) is 13.8 Å².